The van der Waals surface area contributed by atoms with Crippen molar-refractivity contribution in [2.45, 2.75) is 0 Å². The summed E-state index contributed by atoms with van der Waals surface area (Å²) in [7, 11) is 0. The van der Waals surface area contributed by atoms with E-state index in [1.807, 2.05) is 42.5 Å². The lowest BCUT2D eigenvalue weighted by Gasteiger charge is -2.17. The number of aromatic nitrogens is 4. The van der Waals surface area contributed by atoms with E-state index in [4.69, 9.17) is 26.6 Å². The van der Waals surface area contributed by atoms with Gasteiger partial charge >= 0.3 is 0 Å². The van der Waals surface area contributed by atoms with Gasteiger partial charge in [0.25, 0.3) is 0 Å². The minimum Gasteiger partial charge on any atom is -0.308 e. The van der Waals surface area contributed by atoms with E-state index in [-0.39, 0.29) is 0 Å². The lowest BCUT2D eigenvalue weighted by Crippen LogP contribution is -2.04. The summed E-state index contributed by atoms with van der Waals surface area (Å²) in [5.74, 6) is 1.83. The average Bonchev–Trinajstić information content (AvgIpc) is 3.51. The molecule has 10 rings (SSSR count). The largest absolute Gasteiger partial charge is 0.308 e. The smallest absolute Gasteiger partial charge is 0.166 e. The Bertz CT molecular complexity index is 2950. The summed E-state index contributed by atoms with van der Waals surface area (Å²) in [6.07, 6.45) is 0. The van der Waals surface area contributed by atoms with E-state index in [0.717, 1.165) is 66.1 Å². The van der Waals surface area contributed by atoms with Crippen molar-refractivity contribution in [1.82, 2.24) is 19.5 Å². The minimum atomic E-state index is 0.599. The van der Waals surface area contributed by atoms with Crippen molar-refractivity contribution in [2.75, 3.05) is 0 Å². The topological polar surface area (TPSA) is 43.6 Å². The normalized spacial score (nSPS) is 11.6. The van der Waals surface area contributed by atoms with Gasteiger partial charge in [-0.25, -0.2) is 15.0 Å². The summed E-state index contributed by atoms with van der Waals surface area (Å²) in [4.78, 5) is 15.5. The third-order valence-corrected chi connectivity index (χ3v) is 10.1. The molecule has 0 saturated heterocycles. The number of hydrogen-bond donors (Lipinski definition) is 0. The molecule has 244 valence electrons. The van der Waals surface area contributed by atoms with E-state index >= 15 is 0 Å². The van der Waals surface area contributed by atoms with E-state index in [1.165, 1.54) is 10.8 Å². The molecule has 0 aliphatic heterocycles. The van der Waals surface area contributed by atoms with Crippen LogP contribution in [0.15, 0.2) is 176 Å². The van der Waals surface area contributed by atoms with Gasteiger partial charge in [-0.15, -0.1) is 0 Å². The van der Waals surface area contributed by atoms with Crippen LogP contribution in [0.1, 0.15) is 0 Å². The highest BCUT2D eigenvalue weighted by atomic mass is 35.5. The van der Waals surface area contributed by atoms with Gasteiger partial charge in [0.15, 0.2) is 17.5 Å². The van der Waals surface area contributed by atoms with Crippen LogP contribution in [-0.2, 0) is 0 Å². The Labute approximate surface area is 305 Å². The number of fused-ring (bicyclic) bond motifs is 5. The first-order chi connectivity index (χ1) is 25.7. The first kappa shape index (κ1) is 30.2. The molecule has 0 saturated carbocycles. The van der Waals surface area contributed by atoms with Crippen LogP contribution in [0.5, 0.6) is 0 Å². The van der Waals surface area contributed by atoms with E-state index in [0.29, 0.717) is 22.5 Å². The Morgan fingerprint density at radius 2 is 0.904 bits per heavy atom. The van der Waals surface area contributed by atoms with Crippen LogP contribution in [0.2, 0.25) is 5.02 Å². The van der Waals surface area contributed by atoms with E-state index in [9.17, 15) is 0 Å². The molecule has 0 bridgehead atoms. The predicted octanol–water partition coefficient (Wildman–Crippen LogP) is 12.6. The molecular formula is C47H29ClN4. The monoisotopic (exact) mass is 684 g/mol. The number of rotatable bonds is 5. The SMILES string of the molecule is Clc1ccc2c(c1)c1cc3ccccc3cc1n2-c1c(-c2nc(-c3ccccc3)nc(-c3ccc(-c4ccccc4)cc3)n2)ccc2ccccc12. The number of hydrogen-bond acceptors (Lipinski definition) is 3. The number of nitrogens with zero attached hydrogens (tertiary/aromatic N) is 4. The summed E-state index contributed by atoms with van der Waals surface area (Å²) in [5.41, 5.74) is 8.20. The summed E-state index contributed by atoms with van der Waals surface area (Å²) in [6.45, 7) is 0. The first-order valence-electron chi connectivity index (χ1n) is 17.3. The van der Waals surface area contributed by atoms with E-state index in [2.05, 4.69) is 138 Å². The molecular weight excluding hydrogens is 656 g/mol. The van der Waals surface area contributed by atoms with Crippen LogP contribution in [0.25, 0.3) is 94.3 Å². The van der Waals surface area contributed by atoms with Crippen molar-refractivity contribution in [3.05, 3.63) is 181 Å². The summed E-state index contributed by atoms with van der Waals surface area (Å²) >= 11 is 6.67. The molecule has 0 unspecified atom stereocenters. The maximum absolute atomic E-state index is 6.67. The van der Waals surface area contributed by atoms with E-state index < -0.39 is 0 Å². The zero-order valence-corrected chi connectivity index (χ0v) is 28.7. The van der Waals surface area contributed by atoms with Gasteiger partial charge in [0.2, 0.25) is 0 Å². The number of benzene rings is 8. The molecule has 0 aliphatic carbocycles. The molecule has 0 amide bonds. The van der Waals surface area contributed by atoms with Crippen LogP contribution in [0.3, 0.4) is 0 Å². The highest BCUT2D eigenvalue weighted by Crippen LogP contribution is 2.41. The van der Waals surface area contributed by atoms with Crippen molar-refractivity contribution in [2.24, 2.45) is 0 Å². The molecule has 0 aliphatic rings. The third-order valence-electron chi connectivity index (χ3n) is 9.88. The van der Waals surface area contributed by atoms with Crippen LogP contribution in [0.4, 0.5) is 0 Å². The molecule has 0 N–H and O–H groups in total. The fourth-order valence-corrected chi connectivity index (χ4v) is 7.55. The quantitative estimate of drug-likeness (QED) is 0.181. The summed E-state index contributed by atoms with van der Waals surface area (Å²) < 4.78 is 2.37. The van der Waals surface area contributed by atoms with Gasteiger partial charge in [-0.05, 0) is 63.7 Å². The van der Waals surface area contributed by atoms with Gasteiger partial charge in [-0.3, -0.25) is 0 Å². The van der Waals surface area contributed by atoms with Gasteiger partial charge in [-0.2, -0.15) is 0 Å². The van der Waals surface area contributed by atoms with Crippen molar-refractivity contribution in [1.29, 1.82) is 0 Å². The van der Waals surface area contributed by atoms with Crippen LogP contribution < -0.4 is 0 Å². The van der Waals surface area contributed by atoms with Crippen molar-refractivity contribution >= 4 is 55.0 Å². The second kappa shape index (κ2) is 12.3. The average molecular weight is 685 g/mol. The first-order valence-corrected chi connectivity index (χ1v) is 17.7. The third kappa shape index (κ3) is 5.12. The Morgan fingerprint density at radius 3 is 1.63 bits per heavy atom. The zero-order chi connectivity index (χ0) is 34.6. The minimum absolute atomic E-state index is 0.599. The molecule has 52 heavy (non-hydrogen) atoms. The second-order valence-electron chi connectivity index (χ2n) is 13.0. The molecule has 0 atom stereocenters. The van der Waals surface area contributed by atoms with Crippen molar-refractivity contribution in [3.63, 3.8) is 0 Å². The van der Waals surface area contributed by atoms with Crippen LogP contribution >= 0.6 is 11.6 Å². The molecule has 10 aromatic rings. The molecule has 0 spiro atoms. The fraction of sp³-hybridized carbons (Fsp3) is 0. The molecule has 4 nitrogen and oxygen atoms in total. The zero-order valence-electron chi connectivity index (χ0n) is 27.9. The van der Waals surface area contributed by atoms with E-state index in [1.54, 1.807) is 0 Å². The van der Waals surface area contributed by atoms with Gasteiger partial charge < -0.3 is 4.57 Å². The molecule has 2 aromatic heterocycles. The van der Waals surface area contributed by atoms with Gasteiger partial charge in [-0.1, -0.05) is 151 Å². The lowest BCUT2D eigenvalue weighted by molar-refractivity contribution is 1.07. The Morgan fingerprint density at radius 1 is 0.365 bits per heavy atom. The number of halogens is 1. The van der Waals surface area contributed by atoms with Gasteiger partial charge in [0.05, 0.1) is 16.7 Å². The second-order valence-corrected chi connectivity index (χ2v) is 13.4. The highest BCUT2D eigenvalue weighted by Gasteiger charge is 2.22. The highest BCUT2D eigenvalue weighted by molar-refractivity contribution is 6.32. The van der Waals surface area contributed by atoms with Gasteiger partial charge in [0.1, 0.15) is 0 Å². The molecule has 0 fully saturated rings. The predicted molar refractivity (Wildman–Crippen MR) is 216 cm³/mol. The fourth-order valence-electron chi connectivity index (χ4n) is 7.38. The van der Waals surface area contributed by atoms with Crippen molar-refractivity contribution < 1.29 is 0 Å². The van der Waals surface area contributed by atoms with Crippen LogP contribution in [-0.4, -0.2) is 19.5 Å². The molecule has 8 aromatic carbocycles. The molecule has 2 heterocycles. The van der Waals surface area contributed by atoms with Gasteiger partial charge in [0, 0.05) is 37.9 Å². The molecule has 0 radical (unpaired) electrons. The van der Waals surface area contributed by atoms with Crippen molar-refractivity contribution in [3.8, 4) is 51.0 Å². The molecule has 5 heteroatoms. The summed E-state index contributed by atoms with van der Waals surface area (Å²) in [5, 5.41) is 7.49. The Kier molecular flexibility index (Phi) is 7.15. The van der Waals surface area contributed by atoms with Crippen LogP contribution in [0, 0.1) is 0 Å². The Balaban J connectivity index is 1.27. The summed E-state index contributed by atoms with van der Waals surface area (Å²) in [6, 6.07) is 61.0. The standard InChI is InChI=1S/C47H29ClN4/c48-37-24-26-42-41(29-37)40-27-35-16-7-8-17-36(35)28-43(40)52(42)44-38-18-10-9-13-32(38)23-25-39(44)47-50-45(33-14-5-2-6-15-33)49-46(51-47)34-21-19-31(20-22-34)30-11-3-1-4-12-30/h1-29H. The maximum atomic E-state index is 6.67. The lowest BCUT2D eigenvalue weighted by atomic mass is 10.0. The maximum Gasteiger partial charge on any atom is 0.166 e. The Hall–Kier alpha value is -6.62.